The molecule has 0 aromatic carbocycles. The van der Waals surface area contributed by atoms with Gasteiger partial charge in [-0.25, -0.2) is 0 Å². The van der Waals surface area contributed by atoms with Crippen LogP contribution >= 0.6 is 0 Å². The Morgan fingerprint density at radius 1 is 1.33 bits per heavy atom. The van der Waals surface area contributed by atoms with Gasteiger partial charge >= 0.3 is 5.97 Å². The first kappa shape index (κ1) is 18.4. The summed E-state index contributed by atoms with van der Waals surface area (Å²) in [6.45, 7) is 14.3. The molecule has 0 aliphatic heterocycles. The normalized spacial score (nSPS) is 26.0. The van der Waals surface area contributed by atoms with E-state index in [-0.39, 0.29) is 12.0 Å². The van der Waals surface area contributed by atoms with Gasteiger partial charge in [0.05, 0.1) is 6.61 Å². The molecule has 0 aromatic heterocycles. The van der Waals surface area contributed by atoms with Gasteiger partial charge in [0.1, 0.15) is 5.54 Å². The molecule has 0 spiro atoms. The van der Waals surface area contributed by atoms with Gasteiger partial charge in [-0.1, -0.05) is 6.92 Å². The van der Waals surface area contributed by atoms with Gasteiger partial charge in [-0.15, -0.1) is 0 Å². The minimum atomic E-state index is -0.490. The van der Waals surface area contributed by atoms with Crippen LogP contribution in [-0.2, 0) is 9.53 Å². The van der Waals surface area contributed by atoms with E-state index in [0.29, 0.717) is 18.7 Å². The van der Waals surface area contributed by atoms with Gasteiger partial charge in [-0.2, -0.15) is 0 Å². The summed E-state index contributed by atoms with van der Waals surface area (Å²) in [5.41, 5.74) is -0.490. The summed E-state index contributed by atoms with van der Waals surface area (Å²) in [5, 5.41) is 3.50. The molecule has 2 atom stereocenters. The van der Waals surface area contributed by atoms with Crippen molar-refractivity contribution in [2.45, 2.75) is 90.9 Å². The van der Waals surface area contributed by atoms with E-state index < -0.39 is 5.54 Å². The van der Waals surface area contributed by atoms with Crippen molar-refractivity contribution < 1.29 is 9.53 Å². The maximum atomic E-state index is 12.5. The zero-order valence-corrected chi connectivity index (χ0v) is 14.7. The molecule has 4 nitrogen and oxygen atoms in total. The molecule has 1 fully saturated rings. The van der Waals surface area contributed by atoms with Crippen molar-refractivity contribution in [3.05, 3.63) is 0 Å². The van der Waals surface area contributed by atoms with E-state index in [1.165, 1.54) is 0 Å². The van der Waals surface area contributed by atoms with Crippen LogP contribution in [0.3, 0.4) is 0 Å². The molecule has 4 heteroatoms. The second-order valence-electron chi connectivity index (χ2n) is 6.83. The molecule has 1 aliphatic rings. The van der Waals surface area contributed by atoms with E-state index in [1.54, 1.807) is 0 Å². The van der Waals surface area contributed by atoms with Crippen molar-refractivity contribution in [1.29, 1.82) is 0 Å². The smallest absolute Gasteiger partial charge is 0.326 e. The highest BCUT2D eigenvalue weighted by Crippen LogP contribution is 2.35. The van der Waals surface area contributed by atoms with Gasteiger partial charge in [0.25, 0.3) is 0 Å². The first-order chi connectivity index (χ1) is 9.86. The average molecular weight is 298 g/mol. The Bertz CT molecular complexity index is 331. The summed E-state index contributed by atoms with van der Waals surface area (Å²) in [5.74, 6) is -0.0681. The number of nitrogens with one attached hydrogen (secondary N) is 1. The van der Waals surface area contributed by atoms with Crippen LogP contribution < -0.4 is 5.32 Å². The first-order valence-electron chi connectivity index (χ1n) is 8.57. The van der Waals surface area contributed by atoms with Crippen LogP contribution in [0.15, 0.2) is 0 Å². The lowest BCUT2D eigenvalue weighted by atomic mass is 9.95. The fourth-order valence-electron chi connectivity index (χ4n) is 3.62. The van der Waals surface area contributed by atoms with Gasteiger partial charge in [0.15, 0.2) is 0 Å². The Balaban J connectivity index is 2.86. The highest BCUT2D eigenvalue weighted by atomic mass is 16.5. The Hall–Kier alpha value is -0.610. The summed E-state index contributed by atoms with van der Waals surface area (Å²) >= 11 is 0. The number of hydrogen-bond acceptors (Lipinski definition) is 4. The minimum Gasteiger partial charge on any atom is -0.465 e. The Morgan fingerprint density at radius 2 is 2.00 bits per heavy atom. The lowest BCUT2D eigenvalue weighted by molar-refractivity contribution is -0.151. The number of hydrogen-bond donors (Lipinski definition) is 1. The van der Waals surface area contributed by atoms with Gasteiger partial charge in [0.2, 0.25) is 0 Å². The number of rotatable bonds is 8. The molecule has 1 saturated carbocycles. The Morgan fingerprint density at radius 3 is 2.48 bits per heavy atom. The second-order valence-corrected chi connectivity index (χ2v) is 6.83. The summed E-state index contributed by atoms with van der Waals surface area (Å²) in [6.07, 6.45) is 3.96. The summed E-state index contributed by atoms with van der Waals surface area (Å²) in [4.78, 5) is 15.0. The Labute approximate surface area is 130 Å². The quantitative estimate of drug-likeness (QED) is 0.700. The van der Waals surface area contributed by atoms with Crippen molar-refractivity contribution in [2.24, 2.45) is 0 Å². The molecular weight excluding hydrogens is 264 g/mol. The van der Waals surface area contributed by atoms with Gasteiger partial charge in [0, 0.05) is 18.1 Å². The van der Waals surface area contributed by atoms with Crippen LogP contribution in [0.4, 0.5) is 0 Å². The van der Waals surface area contributed by atoms with Crippen LogP contribution in [0.5, 0.6) is 0 Å². The standard InChI is InChI=1S/C17H34N2O2/c1-7-11-19(14(5)6)15-9-10-17(12-15,18-13(3)4)16(20)21-8-2/h13-15,18H,7-12H2,1-6H3. The fourth-order valence-corrected chi connectivity index (χ4v) is 3.62. The van der Waals surface area contributed by atoms with E-state index in [9.17, 15) is 4.79 Å². The van der Waals surface area contributed by atoms with Crippen LogP contribution in [-0.4, -0.2) is 47.7 Å². The van der Waals surface area contributed by atoms with E-state index in [1.807, 2.05) is 6.92 Å². The maximum absolute atomic E-state index is 12.5. The number of nitrogens with zero attached hydrogens (tertiary/aromatic N) is 1. The Kier molecular flexibility index (Phi) is 7.14. The average Bonchev–Trinajstić information content (AvgIpc) is 2.80. The SMILES string of the molecule is CCCN(C(C)C)C1CCC(NC(C)C)(C(=O)OCC)C1. The number of ether oxygens (including phenoxy) is 1. The van der Waals surface area contributed by atoms with Crippen molar-refractivity contribution in [3.8, 4) is 0 Å². The topological polar surface area (TPSA) is 41.6 Å². The molecule has 124 valence electrons. The largest absolute Gasteiger partial charge is 0.465 e. The monoisotopic (exact) mass is 298 g/mol. The second kappa shape index (κ2) is 8.14. The predicted molar refractivity (Wildman–Crippen MR) is 87.4 cm³/mol. The van der Waals surface area contributed by atoms with Crippen molar-refractivity contribution >= 4 is 5.97 Å². The molecule has 1 N–H and O–H groups in total. The third-order valence-electron chi connectivity index (χ3n) is 4.33. The highest BCUT2D eigenvalue weighted by molar-refractivity contribution is 5.81. The van der Waals surface area contributed by atoms with Crippen molar-refractivity contribution in [1.82, 2.24) is 10.2 Å². The van der Waals surface area contributed by atoms with Crippen LogP contribution in [0.2, 0.25) is 0 Å². The zero-order chi connectivity index (χ0) is 16.0. The van der Waals surface area contributed by atoms with Gasteiger partial charge in [-0.05, 0) is 66.8 Å². The van der Waals surface area contributed by atoms with Crippen molar-refractivity contribution in [3.63, 3.8) is 0 Å². The molecule has 0 heterocycles. The molecule has 1 rings (SSSR count). The zero-order valence-electron chi connectivity index (χ0n) is 14.7. The third-order valence-corrected chi connectivity index (χ3v) is 4.33. The minimum absolute atomic E-state index is 0.0681. The molecule has 0 amide bonds. The lowest BCUT2D eigenvalue weighted by Gasteiger charge is -2.35. The third kappa shape index (κ3) is 4.68. The molecule has 21 heavy (non-hydrogen) atoms. The van der Waals surface area contributed by atoms with Crippen LogP contribution in [0, 0.1) is 0 Å². The van der Waals surface area contributed by atoms with Crippen molar-refractivity contribution in [2.75, 3.05) is 13.2 Å². The van der Waals surface area contributed by atoms with E-state index in [0.717, 1.165) is 32.2 Å². The predicted octanol–water partition coefficient (Wildman–Crippen LogP) is 2.96. The lowest BCUT2D eigenvalue weighted by Crippen LogP contribution is -2.55. The molecule has 0 radical (unpaired) electrons. The van der Waals surface area contributed by atoms with E-state index in [2.05, 4.69) is 44.8 Å². The molecule has 0 saturated heterocycles. The molecular formula is C17H34N2O2. The molecule has 0 bridgehead atoms. The van der Waals surface area contributed by atoms with E-state index in [4.69, 9.17) is 4.74 Å². The molecule has 2 unspecified atom stereocenters. The van der Waals surface area contributed by atoms with Crippen LogP contribution in [0.25, 0.3) is 0 Å². The highest BCUT2D eigenvalue weighted by Gasteiger charge is 2.48. The van der Waals surface area contributed by atoms with Crippen LogP contribution in [0.1, 0.15) is 67.2 Å². The summed E-state index contributed by atoms with van der Waals surface area (Å²) in [7, 11) is 0. The van der Waals surface area contributed by atoms with Gasteiger partial charge < -0.3 is 4.74 Å². The summed E-state index contributed by atoms with van der Waals surface area (Å²) in [6, 6.07) is 1.28. The number of carbonyl (C=O) groups is 1. The molecule has 0 aromatic rings. The number of carbonyl (C=O) groups excluding carboxylic acids is 1. The first-order valence-corrected chi connectivity index (χ1v) is 8.57. The summed E-state index contributed by atoms with van der Waals surface area (Å²) < 4.78 is 5.36. The number of esters is 1. The van der Waals surface area contributed by atoms with Gasteiger partial charge in [-0.3, -0.25) is 15.0 Å². The van der Waals surface area contributed by atoms with E-state index >= 15 is 0 Å². The molecule has 1 aliphatic carbocycles. The maximum Gasteiger partial charge on any atom is 0.326 e. The fraction of sp³-hybridized carbons (Fsp3) is 0.941.